The first-order chi connectivity index (χ1) is 14.4. The highest BCUT2D eigenvalue weighted by Gasteiger charge is 2.35. The molecule has 1 aliphatic carbocycles. The molecule has 1 aliphatic rings. The summed E-state index contributed by atoms with van der Waals surface area (Å²) in [6, 6.07) is 5.68. The van der Waals surface area contributed by atoms with Crippen molar-refractivity contribution in [3.05, 3.63) is 53.6 Å². The van der Waals surface area contributed by atoms with E-state index in [0.29, 0.717) is 31.8 Å². The number of aromatic nitrogens is 2. The van der Waals surface area contributed by atoms with Crippen LogP contribution in [0.1, 0.15) is 43.0 Å². The van der Waals surface area contributed by atoms with Gasteiger partial charge in [-0.3, -0.25) is 0 Å². The molecule has 1 aromatic heterocycles. The quantitative estimate of drug-likeness (QED) is 0.643. The van der Waals surface area contributed by atoms with E-state index in [9.17, 15) is 13.2 Å². The lowest BCUT2D eigenvalue weighted by Gasteiger charge is -2.36. The van der Waals surface area contributed by atoms with Gasteiger partial charge in [0.1, 0.15) is 0 Å². The molecule has 1 atom stereocenters. The number of imidazole rings is 1. The van der Waals surface area contributed by atoms with Gasteiger partial charge in [-0.1, -0.05) is 6.08 Å². The Hall–Kier alpha value is -2.79. The zero-order valence-corrected chi connectivity index (χ0v) is 17.1. The van der Waals surface area contributed by atoms with E-state index in [1.54, 1.807) is 25.6 Å². The van der Waals surface area contributed by atoms with Crippen molar-refractivity contribution < 1.29 is 17.9 Å². The Morgan fingerprint density at radius 2 is 2.17 bits per heavy atom. The number of hydrogen-bond acceptors (Lipinski definition) is 4. The standard InChI is InChI=1S/C22H25F3N4O/c1-3-29(19-8-7-17(13-26)20(12-19)22(23,24)25)18-6-4-5-16(11-18)21-14-27-15-28(21)9-10-30-2/h5,7-8,12,14-15,18H,3-4,6,9-11H2,1-2H3. The molecule has 2 aromatic rings. The van der Waals surface area contributed by atoms with Crippen molar-refractivity contribution in [1.82, 2.24) is 9.55 Å². The van der Waals surface area contributed by atoms with Gasteiger partial charge in [0.2, 0.25) is 0 Å². The van der Waals surface area contributed by atoms with Crippen LogP contribution in [0.15, 0.2) is 36.8 Å². The van der Waals surface area contributed by atoms with Crippen molar-refractivity contribution in [2.24, 2.45) is 0 Å². The highest BCUT2D eigenvalue weighted by molar-refractivity contribution is 5.65. The molecule has 0 aliphatic heterocycles. The predicted octanol–water partition coefficient (Wildman–Crippen LogP) is 4.88. The van der Waals surface area contributed by atoms with Crippen molar-refractivity contribution in [1.29, 1.82) is 5.26 Å². The summed E-state index contributed by atoms with van der Waals surface area (Å²) in [7, 11) is 1.65. The van der Waals surface area contributed by atoms with E-state index in [0.717, 1.165) is 30.2 Å². The molecule has 1 unspecified atom stereocenters. The minimum absolute atomic E-state index is 0.0646. The summed E-state index contributed by atoms with van der Waals surface area (Å²) in [4.78, 5) is 6.25. The van der Waals surface area contributed by atoms with Gasteiger partial charge in [0.15, 0.2) is 0 Å². The summed E-state index contributed by atoms with van der Waals surface area (Å²) in [6.07, 6.45) is 3.62. The van der Waals surface area contributed by atoms with Crippen LogP contribution in [0.4, 0.5) is 18.9 Å². The second-order valence-corrected chi connectivity index (χ2v) is 7.26. The number of ether oxygens (including phenoxy) is 1. The van der Waals surface area contributed by atoms with Gasteiger partial charge in [0.05, 0.1) is 42.0 Å². The van der Waals surface area contributed by atoms with E-state index in [1.807, 2.05) is 22.6 Å². The fourth-order valence-corrected chi connectivity index (χ4v) is 4.01. The average Bonchev–Trinajstić information content (AvgIpc) is 3.21. The third-order valence-electron chi connectivity index (χ3n) is 5.47. The lowest BCUT2D eigenvalue weighted by atomic mass is 9.91. The van der Waals surface area contributed by atoms with Crippen molar-refractivity contribution in [3.63, 3.8) is 0 Å². The van der Waals surface area contributed by atoms with Crippen LogP contribution in [0.3, 0.4) is 0 Å². The van der Waals surface area contributed by atoms with Gasteiger partial charge in [-0.05, 0) is 50.0 Å². The summed E-state index contributed by atoms with van der Waals surface area (Å²) in [6.45, 7) is 3.78. The van der Waals surface area contributed by atoms with Gasteiger partial charge >= 0.3 is 6.18 Å². The summed E-state index contributed by atoms with van der Waals surface area (Å²) < 4.78 is 47.5. The molecule has 0 amide bonds. The first-order valence-electron chi connectivity index (χ1n) is 9.95. The van der Waals surface area contributed by atoms with Gasteiger partial charge in [-0.2, -0.15) is 18.4 Å². The van der Waals surface area contributed by atoms with Gasteiger partial charge < -0.3 is 14.2 Å². The van der Waals surface area contributed by atoms with E-state index in [4.69, 9.17) is 10.00 Å². The lowest BCUT2D eigenvalue weighted by molar-refractivity contribution is -0.137. The van der Waals surface area contributed by atoms with Gasteiger partial charge in [-0.15, -0.1) is 0 Å². The van der Waals surface area contributed by atoms with E-state index in [1.165, 1.54) is 6.07 Å². The average molecular weight is 418 g/mol. The minimum atomic E-state index is -4.56. The molecule has 3 rings (SSSR count). The molecule has 160 valence electrons. The Labute approximate surface area is 174 Å². The van der Waals surface area contributed by atoms with E-state index in [-0.39, 0.29) is 11.6 Å². The molecule has 0 N–H and O–H groups in total. The number of anilines is 1. The normalized spacial score (nSPS) is 16.8. The van der Waals surface area contributed by atoms with Crippen LogP contribution in [0.2, 0.25) is 0 Å². The van der Waals surface area contributed by atoms with Crippen molar-refractivity contribution in [3.8, 4) is 6.07 Å². The van der Waals surface area contributed by atoms with E-state index >= 15 is 0 Å². The van der Waals surface area contributed by atoms with Crippen LogP contribution in [0.5, 0.6) is 0 Å². The Morgan fingerprint density at radius 3 is 2.83 bits per heavy atom. The number of nitriles is 1. The van der Waals surface area contributed by atoms with E-state index in [2.05, 4.69) is 11.1 Å². The molecule has 8 heteroatoms. The van der Waals surface area contributed by atoms with E-state index < -0.39 is 11.7 Å². The monoisotopic (exact) mass is 418 g/mol. The maximum absolute atomic E-state index is 13.4. The molecule has 0 fully saturated rings. The van der Waals surface area contributed by atoms with Crippen LogP contribution >= 0.6 is 0 Å². The fourth-order valence-electron chi connectivity index (χ4n) is 4.01. The molecule has 1 aromatic carbocycles. The van der Waals surface area contributed by atoms with Crippen LogP contribution in [0.25, 0.3) is 5.57 Å². The number of halogens is 3. The predicted molar refractivity (Wildman–Crippen MR) is 109 cm³/mol. The summed E-state index contributed by atoms with van der Waals surface area (Å²) >= 11 is 0. The number of nitrogens with zero attached hydrogens (tertiary/aromatic N) is 4. The van der Waals surface area contributed by atoms with Crippen LogP contribution < -0.4 is 4.90 Å². The number of benzene rings is 1. The Kier molecular flexibility index (Phi) is 6.83. The Bertz CT molecular complexity index is 943. The van der Waals surface area contributed by atoms with Crippen LogP contribution in [0, 0.1) is 11.3 Å². The molecule has 0 radical (unpaired) electrons. The number of methoxy groups -OCH3 is 1. The van der Waals surface area contributed by atoms with Crippen molar-refractivity contribution in [2.75, 3.05) is 25.2 Å². The summed E-state index contributed by atoms with van der Waals surface area (Å²) in [5, 5.41) is 9.06. The maximum Gasteiger partial charge on any atom is 0.417 e. The van der Waals surface area contributed by atoms with Crippen LogP contribution in [-0.4, -0.2) is 35.9 Å². The zero-order chi connectivity index (χ0) is 21.7. The number of allylic oxidation sites excluding steroid dienone is 1. The largest absolute Gasteiger partial charge is 0.417 e. The number of rotatable bonds is 7. The fraction of sp³-hybridized carbons (Fsp3) is 0.455. The second kappa shape index (κ2) is 9.35. The van der Waals surface area contributed by atoms with Gasteiger partial charge in [-0.25, -0.2) is 4.98 Å². The third-order valence-corrected chi connectivity index (χ3v) is 5.47. The maximum atomic E-state index is 13.4. The lowest BCUT2D eigenvalue weighted by Crippen LogP contribution is -2.37. The first kappa shape index (κ1) is 21.9. The highest BCUT2D eigenvalue weighted by Crippen LogP contribution is 2.37. The van der Waals surface area contributed by atoms with Crippen LogP contribution in [-0.2, 0) is 17.5 Å². The number of alkyl halides is 3. The van der Waals surface area contributed by atoms with Gasteiger partial charge in [0.25, 0.3) is 0 Å². The second-order valence-electron chi connectivity index (χ2n) is 7.26. The Balaban J connectivity index is 1.86. The molecular formula is C22H25F3N4O. The molecule has 5 nitrogen and oxygen atoms in total. The third kappa shape index (κ3) is 4.68. The van der Waals surface area contributed by atoms with Crippen molar-refractivity contribution >= 4 is 11.3 Å². The first-order valence-corrected chi connectivity index (χ1v) is 9.95. The molecule has 30 heavy (non-hydrogen) atoms. The molecule has 0 saturated carbocycles. The number of hydrogen-bond donors (Lipinski definition) is 0. The summed E-state index contributed by atoms with van der Waals surface area (Å²) in [5.41, 5.74) is 1.41. The molecule has 0 bridgehead atoms. The van der Waals surface area contributed by atoms with Crippen molar-refractivity contribution in [2.45, 2.75) is 44.9 Å². The summed E-state index contributed by atoms with van der Waals surface area (Å²) in [5.74, 6) is 0. The SMILES string of the molecule is CCN(c1ccc(C#N)c(C(F)(F)F)c1)C1CCC=C(c2cncn2CCOC)C1. The molecule has 0 saturated heterocycles. The molecule has 1 heterocycles. The molecule has 0 spiro atoms. The highest BCUT2D eigenvalue weighted by atomic mass is 19.4. The smallest absolute Gasteiger partial charge is 0.383 e. The van der Waals surface area contributed by atoms with Gasteiger partial charge in [0, 0.05) is 31.9 Å². The Morgan fingerprint density at radius 1 is 1.37 bits per heavy atom. The topological polar surface area (TPSA) is 54.1 Å². The minimum Gasteiger partial charge on any atom is -0.383 e. The zero-order valence-electron chi connectivity index (χ0n) is 17.1. The molecular weight excluding hydrogens is 393 g/mol.